The van der Waals surface area contributed by atoms with Crippen molar-refractivity contribution in [2.45, 2.75) is 18.8 Å². The highest BCUT2D eigenvalue weighted by Gasteiger charge is 2.26. The van der Waals surface area contributed by atoms with E-state index in [1.807, 2.05) is 47.4 Å². The lowest BCUT2D eigenvalue weighted by molar-refractivity contribution is 0.0707. The number of fused-ring (bicyclic) bond motifs is 1. The van der Waals surface area contributed by atoms with Crippen LogP contribution >= 0.6 is 0 Å². The fourth-order valence-electron chi connectivity index (χ4n) is 5.14. The van der Waals surface area contributed by atoms with Gasteiger partial charge in [0.2, 0.25) is 0 Å². The molecule has 0 radical (unpaired) electrons. The van der Waals surface area contributed by atoms with Crippen LogP contribution in [0, 0.1) is 0 Å². The summed E-state index contributed by atoms with van der Waals surface area (Å²) >= 11 is 0. The van der Waals surface area contributed by atoms with Crippen molar-refractivity contribution in [3.05, 3.63) is 108 Å². The number of imidazole rings is 1. The third-order valence-corrected chi connectivity index (χ3v) is 7.27. The normalized spacial score (nSPS) is 13.8. The maximum Gasteiger partial charge on any atom is 0.274 e. The van der Waals surface area contributed by atoms with Crippen molar-refractivity contribution in [2.75, 3.05) is 25.5 Å². The average Bonchev–Trinajstić information content (AvgIpc) is 3.46. The second-order valence-corrected chi connectivity index (χ2v) is 9.73. The minimum absolute atomic E-state index is 0.0641. The number of rotatable bonds is 6. The Balaban J connectivity index is 1.09. The first kappa shape index (κ1) is 25.2. The summed E-state index contributed by atoms with van der Waals surface area (Å²) in [7, 11) is 1.61. The Labute approximate surface area is 231 Å². The van der Waals surface area contributed by atoms with Gasteiger partial charge in [-0.2, -0.15) is 5.10 Å². The van der Waals surface area contributed by atoms with E-state index in [1.54, 1.807) is 48.4 Å². The zero-order valence-electron chi connectivity index (χ0n) is 22.0. The SMILES string of the molecule is COc1cccc(-c2ncccc2C(=O)Nc2ccc(C3CCN(C(=O)c4cn5ncccc5n4)CC3)cc2)c1. The van der Waals surface area contributed by atoms with Crippen molar-refractivity contribution in [3.63, 3.8) is 0 Å². The number of amides is 2. The fourth-order valence-corrected chi connectivity index (χ4v) is 5.14. The maximum atomic E-state index is 13.2. The molecule has 9 heteroatoms. The summed E-state index contributed by atoms with van der Waals surface area (Å²) < 4.78 is 6.95. The molecular weight excluding hydrogens is 504 g/mol. The Morgan fingerprint density at radius 3 is 2.52 bits per heavy atom. The van der Waals surface area contributed by atoms with Crippen molar-refractivity contribution < 1.29 is 14.3 Å². The van der Waals surface area contributed by atoms with Crippen LogP contribution in [0.5, 0.6) is 5.75 Å². The quantitative estimate of drug-likeness (QED) is 0.328. The van der Waals surface area contributed by atoms with Gasteiger partial charge < -0.3 is 15.0 Å². The van der Waals surface area contributed by atoms with Gasteiger partial charge in [-0.1, -0.05) is 24.3 Å². The molecule has 1 aliphatic heterocycles. The minimum Gasteiger partial charge on any atom is -0.497 e. The first-order chi connectivity index (χ1) is 19.6. The number of nitrogens with zero attached hydrogens (tertiary/aromatic N) is 5. The molecular formula is C31H28N6O3. The van der Waals surface area contributed by atoms with E-state index in [9.17, 15) is 9.59 Å². The summed E-state index contributed by atoms with van der Waals surface area (Å²) in [4.78, 5) is 36.9. The highest BCUT2D eigenvalue weighted by molar-refractivity contribution is 6.08. The number of benzene rings is 2. The van der Waals surface area contributed by atoms with Crippen LogP contribution in [0.3, 0.4) is 0 Å². The molecule has 1 aliphatic rings. The van der Waals surface area contributed by atoms with E-state index in [1.165, 1.54) is 5.56 Å². The minimum atomic E-state index is -0.229. The Kier molecular flexibility index (Phi) is 6.93. The molecule has 1 N–H and O–H groups in total. The van der Waals surface area contributed by atoms with Gasteiger partial charge in [0.25, 0.3) is 11.8 Å². The van der Waals surface area contributed by atoms with Crippen LogP contribution < -0.4 is 10.1 Å². The number of methoxy groups -OCH3 is 1. The molecule has 2 amide bonds. The summed E-state index contributed by atoms with van der Waals surface area (Å²) in [5.74, 6) is 0.751. The van der Waals surface area contributed by atoms with Crippen molar-refractivity contribution in [1.82, 2.24) is 24.5 Å². The van der Waals surface area contributed by atoms with Gasteiger partial charge in [-0.15, -0.1) is 0 Å². The molecule has 9 nitrogen and oxygen atoms in total. The predicted octanol–water partition coefficient (Wildman–Crippen LogP) is 5.07. The van der Waals surface area contributed by atoms with E-state index >= 15 is 0 Å². The Hall–Kier alpha value is -5.05. The fraction of sp³-hybridized carbons (Fsp3) is 0.194. The third kappa shape index (κ3) is 5.13. The van der Waals surface area contributed by atoms with Crippen molar-refractivity contribution in [3.8, 4) is 17.0 Å². The number of carbonyl (C=O) groups excluding carboxylic acids is 2. The van der Waals surface area contributed by atoms with E-state index in [-0.39, 0.29) is 11.8 Å². The largest absolute Gasteiger partial charge is 0.497 e. The molecule has 0 atom stereocenters. The second kappa shape index (κ2) is 11.0. The van der Waals surface area contributed by atoms with E-state index in [0.717, 1.165) is 18.4 Å². The maximum absolute atomic E-state index is 13.2. The topological polar surface area (TPSA) is 102 Å². The van der Waals surface area contributed by atoms with Gasteiger partial charge in [0.05, 0.1) is 24.6 Å². The number of hydrogen-bond donors (Lipinski definition) is 1. The number of carbonyl (C=O) groups is 2. The van der Waals surface area contributed by atoms with Gasteiger partial charge in [-0.3, -0.25) is 14.6 Å². The summed E-state index contributed by atoms with van der Waals surface area (Å²) in [6.07, 6.45) is 6.75. The number of hydrogen-bond acceptors (Lipinski definition) is 6. The van der Waals surface area contributed by atoms with Crippen molar-refractivity contribution in [1.29, 1.82) is 0 Å². The van der Waals surface area contributed by atoms with Gasteiger partial charge in [0.1, 0.15) is 11.4 Å². The summed E-state index contributed by atoms with van der Waals surface area (Å²) in [6, 6.07) is 22.6. The number of nitrogens with one attached hydrogen (secondary N) is 1. The molecule has 0 saturated carbocycles. The Bertz CT molecular complexity index is 1640. The number of ether oxygens (including phenoxy) is 1. The highest BCUT2D eigenvalue weighted by atomic mass is 16.5. The molecule has 1 fully saturated rings. The molecule has 40 heavy (non-hydrogen) atoms. The third-order valence-electron chi connectivity index (χ3n) is 7.27. The number of aromatic nitrogens is 4. The lowest BCUT2D eigenvalue weighted by atomic mass is 9.89. The van der Waals surface area contributed by atoms with Gasteiger partial charge in [0.15, 0.2) is 5.65 Å². The van der Waals surface area contributed by atoms with Gasteiger partial charge in [-0.05, 0) is 72.9 Å². The van der Waals surface area contributed by atoms with Crippen LogP contribution in [0.25, 0.3) is 16.9 Å². The standard InChI is InChI=1S/C31H28N6O3/c1-40-25-6-2-5-23(19-25)29-26(7-3-15-32-29)30(38)34-24-11-9-21(10-12-24)22-13-17-36(18-14-22)31(39)27-20-37-28(35-27)8-4-16-33-37/h2-12,15-16,19-20,22H,13-14,17-18H2,1H3,(H,34,38). The molecule has 2 aromatic carbocycles. The van der Waals surface area contributed by atoms with Crippen LogP contribution in [0.1, 0.15) is 45.2 Å². The molecule has 5 aromatic rings. The highest BCUT2D eigenvalue weighted by Crippen LogP contribution is 2.30. The molecule has 0 unspecified atom stereocenters. The second-order valence-electron chi connectivity index (χ2n) is 9.73. The average molecular weight is 533 g/mol. The predicted molar refractivity (Wildman–Crippen MR) is 151 cm³/mol. The lowest BCUT2D eigenvalue weighted by Gasteiger charge is -2.31. The van der Waals surface area contributed by atoms with Gasteiger partial charge in [-0.25, -0.2) is 9.50 Å². The zero-order valence-corrected chi connectivity index (χ0v) is 22.0. The summed E-state index contributed by atoms with van der Waals surface area (Å²) in [5.41, 5.74) is 4.87. The van der Waals surface area contributed by atoms with Crippen LogP contribution in [0.4, 0.5) is 5.69 Å². The summed E-state index contributed by atoms with van der Waals surface area (Å²) in [6.45, 7) is 1.33. The molecule has 6 rings (SSSR count). The lowest BCUT2D eigenvalue weighted by Crippen LogP contribution is -2.38. The molecule has 1 saturated heterocycles. The van der Waals surface area contributed by atoms with Gasteiger partial charge in [0, 0.05) is 36.7 Å². The molecule has 200 valence electrons. The van der Waals surface area contributed by atoms with E-state index in [4.69, 9.17) is 4.74 Å². The van der Waals surface area contributed by atoms with E-state index in [2.05, 4.69) is 32.5 Å². The van der Waals surface area contributed by atoms with Crippen LogP contribution in [-0.2, 0) is 0 Å². The van der Waals surface area contributed by atoms with Crippen LogP contribution in [0.15, 0.2) is 91.4 Å². The van der Waals surface area contributed by atoms with Crippen LogP contribution in [0.2, 0.25) is 0 Å². The Morgan fingerprint density at radius 2 is 1.75 bits per heavy atom. The smallest absolute Gasteiger partial charge is 0.274 e. The van der Waals surface area contributed by atoms with E-state index < -0.39 is 0 Å². The zero-order chi connectivity index (χ0) is 27.5. The molecule has 0 bridgehead atoms. The number of anilines is 1. The Morgan fingerprint density at radius 1 is 0.950 bits per heavy atom. The van der Waals surface area contributed by atoms with Crippen molar-refractivity contribution in [2.24, 2.45) is 0 Å². The van der Waals surface area contributed by atoms with Gasteiger partial charge >= 0.3 is 0 Å². The first-order valence-corrected chi connectivity index (χ1v) is 13.2. The molecule has 0 aliphatic carbocycles. The van der Waals surface area contributed by atoms with Crippen LogP contribution in [-0.4, -0.2) is 56.5 Å². The van der Waals surface area contributed by atoms with Crippen molar-refractivity contribution >= 4 is 23.1 Å². The van der Waals surface area contributed by atoms with E-state index in [0.29, 0.717) is 53.0 Å². The number of piperidine rings is 1. The molecule has 0 spiro atoms. The summed E-state index contributed by atoms with van der Waals surface area (Å²) in [5, 5.41) is 7.20. The number of pyridine rings is 1. The molecule has 3 aromatic heterocycles. The first-order valence-electron chi connectivity index (χ1n) is 13.2. The monoisotopic (exact) mass is 532 g/mol. The molecule has 4 heterocycles. The number of likely N-dealkylation sites (tertiary alicyclic amines) is 1.